The maximum atomic E-state index is 11.5. The van der Waals surface area contributed by atoms with E-state index < -0.39 is 21.7 Å². The van der Waals surface area contributed by atoms with Crippen molar-refractivity contribution in [2.24, 2.45) is 5.92 Å². The predicted molar refractivity (Wildman–Crippen MR) is 55.7 cm³/mol. The quantitative estimate of drug-likeness (QED) is 0.710. The summed E-state index contributed by atoms with van der Waals surface area (Å²) < 4.78 is 29.7. The molecule has 2 atom stereocenters. The molecule has 88 valence electrons. The Hall–Kier alpha value is -0.620. The third-order valence-corrected chi connectivity index (χ3v) is 3.88. The van der Waals surface area contributed by atoms with E-state index >= 15 is 0 Å². The van der Waals surface area contributed by atoms with Crippen LogP contribution in [0.1, 0.15) is 26.2 Å². The molecule has 0 aromatic rings. The second kappa shape index (κ2) is 4.94. The van der Waals surface area contributed by atoms with E-state index in [1.54, 1.807) is 0 Å². The van der Waals surface area contributed by atoms with Crippen molar-refractivity contribution in [3.8, 4) is 0 Å². The molecule has 0 aliphatic heterocycles. The molecule has 5 nitrogen and oxygen atoms in total. The van der Waals surface area contributed by atoms with Gasteiger partial charge in [-0.3, -0.25) is 4.79 Å². The molecule has 0 heterocycles. The average molecular weight is 235 g/mol. The molecule has 1 N–H and O–H groups in total. The number of carbonyl (C=O) groups is 1. The van der Waals surface area contributed by atoms with E-state index in [0.29, 0.717) is 5.92 Å². The lowest BCUT2D eigenvalue weighted by Crippen LogP contribution is -2.37. The summed E-state index contributed by atoms with van der Waals surface area (Å²) in [5.41, 5.74) is 0. The fraction of sp³-hybridized carbons (Fsp3) is 0.889. The Morgan fingerprint density at radius 1 is 1.47 bits per heavy atom. The van der Waals surface area contributed by atoms with Gasteiger partial charge in [0.1, 0.15) is 0 Å². The van der Waals surface area contributed by atoms with Crippen LogP contribution in [0.15, 0.2) is 0 Å². The smallest absolute Gasteiger partial charge is 0.322 e. The topological polar surface area (TPSA) is 72.5 Å². The summed E-state index contributed by atoms with van der Waals surface area (Å²) in [5.74, 6) is -0.765. The Bertz CT molecular complexity index is 325. The number of hydrogen-bond acceptors (Lipinski definition) is 4. The molecule has 0 spiro atoms. The van der Waals surface area contributed by atoms with Gasteiger partial charge in [-0.2, -0.15) is 0 Å². The van der Waals surface area contributed by atoms with E-state index in [2.05, 4.69) is 16.4 Å². The normalized spacial score (nSPS) is 26.5. The molecule has 0 radical (unpaired) electrons. The lowest BCUT2D eigenvalue weighted by Gasteiger charge is -2.11. The largest absolute Gasteiger partial charge is 0.468 e. The number of sulfonamides is 1. The van der Waals surface area contributed by atoms with Gasteiger partial charge in [0, 0.05) is 6.04 Å². The zero-order valence-electron chi connectivity index (χ0n) is 9.02. The molecule has 0 aromatic carbocycles. The first-order valence-corrected chi connectivity index (χ1v) is 6.65. The predicted octanol–water partition coefficient (Wildman–Crippen LogP) is 0.267. The molecule has 0 bridgehead atoms. The lowest BCUT2D eigenvalue weighted by molar-refractivity contribution is -0.137. The Morgan fingerprint density at radius 3 is 2.60 bits per heavy atom. The van der Waals surface area contributed by atoms with E-state index in [0.717, 1.165) is 19.3 Å². The first kappa shape index (κ1) is 12.4. The van der Waals surface area contributed by atoms with Gasteiger partial charge in [-0.15, -0.1) is 0 Å². The molecule has 1 fully saturated rings. The van der Waals surface area contributed by atoms with Crippen molar-refractivity contribution in [1.29, 1.82) is 0 Å². The van der Waals surface area contributed by atoms with E-state index in [4.69, 9.17) is 0 Å². The van der Waals surface area contributed by atoms with Gasteiger partial charge >= 0.3 is 5.97 Å². The van der Waals surface area contributed by atoms with E-state index in [-0.39, 0.29) is 6.04 Å². The monoisotopic (exact) mass is 235 g/mol. The van der Waals surface area contributed by atoms with E-state index in [1.807, 2.05) is 0 Å². The van der Waals surface area contributed by atoms with Gasteiger partial charge in [0.15, 0.2) is 5.75 Å². The van der Waals surface area contributed by atoms with Gasteiger partial charge in [-0.1, -0.05) is 6.92 Å². The van der Waals surface area contributed by atoms with Crippen LogP contribution in [0.4, 0.5) is 0 Å². The molecule has 2 unspecified atom stereocenters. The summed E-state index contributed by atoms with van der Waals surface area (Å²) in [4.78, 5) is 10.8. The van der Waals surface area contributed by atoms with Crippen molar-refractivity contribution in [2.75, 3.05) is 12.9 Å². The Morgan fingerprint density at radius 2 is 2.13 bits per heavy atom. The second-order valence-electron chi connectivity index (χ2n) is 4.07. The van der Waals surface area contributed by atoms with Gasteiger partial charge in [0.05, 0.1) is 7.11 Å². The maximum Gasteiger partial charge on any atom is 0.322 e. The number of ether oxygens (including phenoxy) is 1. The molecule has 1 aliphatic carbocycles. The minimum Gasteiger partial charge on any atom is -0.468 e. The Labute approximate surface area is 90.2 Å². The van der Waals surface area contributed by atoms with Crippen molar-refractivity contribution < 1.29 is 17.9 Å². The number of carbonyl (C=O) groups excluding carboxylic acids is 1. The molecule has 1 rings (SSSR count). The van der Waals surface area contributed by atoms with Crippen molar-refractivity contribution in [1.82, 2.24) is 4.72 Å². The number of hydrogen-bond donors (Lipinski definition) is 1. The zero-order chi connectivity index (χ0) is 11.5. The summed E-state index contributed by atoms with van der Waals surface area (Å²) in [6.07, 6.45) is 2.73. The fourth-order valence-electron chi connectivity index (χ4n) is 1.82. The summed E-state index contributed by atoms with van der Waals surface area (Å²) in [5, 5.41) is 0. The number of esters is 1. The third kappa shape index (κ3) is 4.17. The minimum absolute atomic E-state index is 0.0188. The standard InChI is InChI=1S/C9H17NO4S/c1-7-3-4-8(5-7)10-15(12,13)6-9(11)14-2/h7-8,10H,3-6H2,1-2H3. The summed E-state index contributed by atoms with van der Waals surface area (Å²) in [6.45, 7) is 2.09. The van der Waals surface area contributed by atoms with Crippen molar-refractivity contribution in [3.05, 3.63) is 0 Å². The van der Waals surface area contributed by atoms with Gasteiger partial charge in [-0.25, -0.2) is 13.1 Å². The van der Waals surface area contributed by atoms with Crippen LogP contribution in [0.3, 0.4) is 0 Å². The van der Waals surface area contributed by atoms with Crippen LogP contribution >= 0.6 is 0 Å². The fourth-order valence-corrected chi connectivity index (χ4v) is 3.06. The highest BCUT2D eigenvalue weighted by molar-refractivity contribution is 7.90. The number of nitrogens with one attached hydrogen (secondary N) is 1. The van der Waals surface area contributed by atoms with Gasteiger partial charge in [-0.05, 0) is 25.2 Å². The highest BCUT2D eigenvalue weighted by Crippen LogP contribution is 2.24. The SMILES string of the molecule is COC(=O)CS(=O)(=O)NC1CCC(C)C1. The summed E-state index contributed by atoms with van der Waals surface area (Å²) >= 11 is 0. The molecule has 0 aromatic heterocycles. The molecule has 1 aliphatic rings. The molecule has 0 amide bonds. The molecular weight excluding hydrogens is 218 g/mol. The first-order chi connectivity index (χ1) is 6.93. The van der Waals surface area contributed by atoms with Crippen LogP contribution in [0.2, 0.25) is 0 Å². The van der Waals surface area contributed by atoms with Gasteiger partial charge in [0.2, 0.25) is 10.0 Å². The highest BCUT2D eigenvalue weighted by atomic mass is 32.2. The van der Waals surface area contributed by atoms with Gasteiger partial charge in [0.25, 0.3) is 0 Å². The van der Waals surface area contributed by atoms with Crippen molar-refractivity contribution in [2.45, 2.75) is 32.2 Å². The number of methoxy groups -OCH3 is 1. The van der Waals surface area contributed by atoms with E-state index in [1.165, 1.54) is 7.11 Å². The zero-order valence-corrected chi connectivity index (χ0v) is 9.84. The van der Waals surface area contributed by atoms with Crippen LogP contribution in [0.25, 0.3) is 0 Å². The highest BCUT2D eigenvalue weighted by Gasteiger charge is 2.26. The summed E-state index contributed by atoms with van der Waals surface area (Å²) in [6, 6.07) is -0.0188. The average Bonchev–Trinajstić information content (AvgIpc) is 2.49. The second-order valence-corrected chi connectivity index (χ2v) is 5.82. The summed E-state index contributed by atoms with van der Waals surface area (Å²) in [7, 11) is -2.35. The van der Waals surface area contributed by atoms with Crippen molar-refractivity contribution in [3.63, 3.8) is 0 Å². The van der Waals surface area contributed by atoms with Gasteiger partial charge < -0.3 is 4.74 Å². The molecule has 1 saturated carbocycles. The van der Waals surface area contributed by atoms with Crippen LogP contribution in [0, 0.1) is 5.92 Å². The third-order valence-electron chi connectivity index (χ3n) is 2.58. The first-order valence-electron chi connectivity index (χ1n) is 5.00. The minimum atomic E-state index is -3.52. The van der Waals surface area contributed by atoms with Crippen LogP contribution in [-0.2, 0) is 19.6 Å². The van der Waals surface area contributed by atoms with Crippen LogP contribution in [-0.4, -0.2) is 33.3 Å². The molecule has 15 heavy (non-hydrogen) atoms. The van der Waals surface area contributed by atoms with E-state index in [9.17, 15) is 13.2 Å². The molecular formula is C9H17NO4S. The maximum absolute atomic E-state index is 11.5. The molecule has 6 heteroatoms. The Balaban J connectivity index is 2.46. The van der Waals surface area contributed by atoms with Crippen LogP contribution < -0.4 is 4.72 Å². The Kier molecular flexibility index (Phi) is 4.10. The lowest BCUT2D eigenvalue weighted by atomic mass is 10.1. The number of rotatable bonds is 4. The van der Waals surface area contributed by atoms with Crippen molar-refractivity contribution >= 4 is 16.0 Å². The molecule has 0 saturated heterocycles. The van der Waals surface area contributed by atoms with Crippen LogP contribution in [0.5, 0.6) is 0 Å².